The predicted octanol–water partition coefficient (Wildman–Crippen LogP) is 0.210. The van der Waals surface area contributed by atoms with E-state index in [4.69, 9.17) is 0 Å². The Morgan fingerprint density at radius 1 is 1.03 bits per heavy atom. The smallest absolute Gasteiger partial charge is 0.243 e. The Balaban J connectivity index is 2.06. The van der Waals surface area contributed by atoms with Gasteiger partial charge in [0.1, 0.15) is 11.9 Å². The number of carbonyl (C=O) groups excluding carboxylic acids is 4. The molecule has 0 aromatic heterocycles. The molecular formula is C21H27FN3O5-. The molecule has 1 saturated heterocycles. The first-order chi connectivity index (χ1) is 14.0. The maximum absolute atomic E-state index is 13.1. The highest BCUT2D eigenvalue weighted by atomic mass is 19.1. The van der Waals surface area contributed by atoms with Crippen molar-refractivity contribution in [3.63, 3.8) is 0 Å². The third-order valence-corrected chi connectivity index (χ3v) is 5.10. The lowest BCUT2D eigenvalue weighted by Gasteiger charge is -2.28. The fourth-order valence-corrected chi connectivity index (χ4v) is 3.30. The van der Waals surface area contributed by atoms with Crippen LogP contribution in [0.1, 0.15) is 34.1 Å². The van der Waals surface area contributed by atoms with Gasteiger partial charge in [0.15, 0.2) is 0 Å². The minimum atomic E-state index is -1.40. The van der Waals surface area contributed by atoms with Crippen molar-refractivity contribution in [2.75, 3.05) is 11.4 Å². The molecule has 2 N–H and O–H groups in total. The number of rotatable bonds is 8. The van der Waals surface area contributed by atoms with E-state index in [2.05, 4.69) is 10.6 Å². The molecule has 1 aromatic rings. The number of carbonyl (C=O) groups is 4. The maximum Gasteiger partial charge on any atom is 0.243 e. The van der Waals surface area contributed by atoms with E-state index in [9.17, 15) is 28.7 Å². The quantitative estimate of drug-likeness (QED) is 0.623. The van der Waals surface area contributed by atoms with Crippen molar-refractivity contribution >= 4 is 29.4 Å². The number of halogens is 1. The molecule has 9 heteroatoms. The van der Waals surface area contributed by atoms with E-state index >= 15 is 0 Å². The van der Waals surface area contributed by atoms with Crippen LogP contribution in [0.2, 0.25) is 0 Å². The molecule has 0 spiro atoms. The lowest BCUT2D eigenvalue weighted by molar-refractivity contribution is -0.309. The summed E-state index contributed by atoms with van der Waals surface area (Å²) in [5.74, 6) is -4.58. The van der Waals surface area contributed by atoms with Crippen molar-refractivity contribution in [2.24, 2.45) is 17.8 Å². The average molecular weight is 420 g/mol. The van der Waals surface area contributed by atoms with Crippen molar-refractivity contribution in [1.82, 2.24) is 10.6 Å². The number of aliphatic carboxylic acids is 1. The van der Waals surface area contributed by atoms with Gasteiger partial charge in [-0.2, -0.15) is 0 Å². The van der Waals surface area contributed by atoms with Crippen LogP contribution in [0.4, 0.5) is 10.1 Å². The van der Waals surface area contributed by atoms with Gasteiger partial charge in [-0.15, -0.1) is 0 Å². The Kier molecular flexibility index (Phi) is 7.53. The lowest BCUT2D eigenvalue weighted by Crippen LogP contribution is -2.58. The molecule has 8 nitrogen and oxygen atoms in total. The van der Waals surface area contributed by atoms with E-state index in [1.54, 1.807) is 27.7 Å². The summed E-state index contributed by atoms with van der Waals surface area (Å²) in [6.07, 6.45) is -0.0384. The van der Waals surface area contributed by atoms with Crippen molar-refractivity contribution in [3.05, 3.63) is 30.1 Å². The van der Waals surface area contributed by atoms with Crippen molar-refractivity contribution < 1.29 is 28.7 Å². The SMILES string of the molecule is CC(C)[C@H](NC(=O)[C@@H](NC(=O)[C@H]1CC(=O)N(c2ccc(F)cc2)C1)C(C)C)C(=O)[O-]. The summed E-state index contributed by atoms with van der Waals surface area (Å²) in [6, 6.07) is 3.24. The second-order valence-electron chi connectivity index (χ2n) is 8.16. The average Bonchev–Trinajstić information content (AvgIpc) is 3.05. The Morgan fingerprint density at radius 2 is 1.60 bits per heavy atom. The van der Waals surface area contributed by atoms with E-state index in [1.165, 1.54) is 29.2 Å². The molecular weight excluding hydrogens is 393 g/mol. The first-order valence-electron chi connectivity index (χ1n) is 9.88. The van der Waals surface area contributed by atoms with Crippen LogP contribution in [0.25, 0.3) is 0 Å². The standard InChI is InChI=1S/C21H28FN3O5/c1-11(2)17(20(28)24-18(12(3)4)21(29)30)23-19(27)13-9-16(26)25(10-13)15-7-5-14(22)6-8-15/h5-8,11-13,17-18H,9-10H2,1-4H3,(H,23,27)(H,24,28)(H,29,30)/p-1/t13-,17-,18-/m0/s1. The Bertz CT molecular complexity index is 809. The van der Waals surface area contributed by atoms with Crippen LogP contribution in [0, 0.1) is 23.6 Å². The Labute approximate surface area is 174 Å². The third-order valence-electron chi connectivity index (χ3n) is 5.10. The lowest BCUT2D eigenvalue weighted by atomic mass is 9.99. The Morgan fingerprint density at radius 3 is 2.10 bits per heavy atom. The highest BCUT2D eigenvalue weighted by molar-refractivity contribution is 6.01. The number of carboxylic acids is 1. The number of nitrogens with zero attached hydrogens (tertiary/aromatic N) is 1. The largest absolute Gasteiger partial charge is 0.548 e. The molecule has 1 aliphatic heterocycles. The molecule has 0 saturated carbocycles. The highest BCUT2D eigenvalue weighted by Crippen LogP contribution is 2.25. The van der Waals surface area contributed by atoms with Crippen LogP contribution in [0.3, 0.4) is 0 Å². The first-order valence-corrected chi connectivity index (χ1v) is 9.88. The third kappa shape index (κ3) is 5.55. The van der Waals surface area contributed by atoms with Gasteiger partial charge in [-0.1, -0.05) is 27.7 Å². The van der Waals surface area contributed by atoms with Gasteiger partial charge >= 0.3 is 0 Å². The normalized spacial score (nSPS) is 18.4. The van der Waals surface area contributed by atoms with E-state index < -0.39 is 41.6 Å². The van der Waals surface area contributed by atoms with Gasteiger partial charge in [-0.05, 0) is 36.1 Å². The van der Waals surface area contributed by atoms with E-state index in [0.29, 0.717) is 5.69 Å². The molecule has 2 rings (SSSR count). The molecule has 1 heterocycles. The molecule has 0 unspecified atom stereocenters. The second-order valence-corrected chi connectivity index (χ2v) is 8.16. The van der Waals surface area contributed by atoms with Gasteiger partial charge in [-0.25, -0.2) is 4.39 Å². The van der Waals surface area contributed by atoms with Gasteiger partial charge < -0.3 is 25.4 Å². The molecule has 0 bridgehead atoms. The highest BCUT2D eigenvalue weighted by Gasteiger charge is 2.37. The number of amides is 3. The zero-order valence-electron chi connectivity index (χ0n) is 17.5. The molecule has 1 aliphatic rings. The van der Waals surface area contributed by atoms with Crippen LogP contribution in [0.15, 0.2) is 24.3 Å². The first kappa shape index (κ1) is 23.3. The van der Waals surface area contributed by atoms with Crippen molar-refractivity contribution in [3.8, 4) is 0 Å². The van der Waals surface area contributed by atoms with E-state index in [1.807, 2.05) is 0 Å². The fraction of sp³-hybridized carbons (Fsp3) is 0.524. The van der Waals surface area contributed by atoms with Gasteiger partial charge in [0.25, 0.3) is 0 Å². The summed E-state index contributed by atoms with van der Waals surface area (Å²) in [5.41, 5.74) is 0.489. The van der Waals surface area contributed by atoms with Gasteiger partial charge in [0.2, 0.25) is 17.7 Å². The number of hydrogen-bond donors (Lipinski definition) is 2. The van der Waals surface area contributed by atoms with Gasteiger partial charge in [-0.3, -0.25) is 14.4 Å². The van der Waals surface area contributed by atoms with Crippen LogP contribution in [0.5, 0.6) is 0 Å². The predicted molar refractivity (Wildman–Crippen MR) is 105 cm³/mol. The minimum Gasteiger partial charge on any atom is -0.548 e. The van der Waals surface area contributed by atoms with Crippen LogP contribution in [-0.2, 0) is 19.2 Å². The summed E-state index contributed by atoms with van der Waals surface area (Å²) in [6.45, 7) is 6.82. The summed E-state index contributed by atoms with van der Waals surface area (Å²) >= 11 is 0. The monoisotopic (exact) mass is 420 g/mol. The molecule has 1 fully saturated rings. The molecule has 0 radical (unpaired) electrons. The number of carboxylic acid groups (broad SMARTS) is 1. The molecule has 3 amide bonds. The summed E-state index contributed by atoms with van der Waals surface area (Å²) in [4.78, 5) is 50.3. The molecule has 0 aliphatic carbocycles. The summed E-state index contributed by atoms with van der Waals surface area (Å²) in [5, 5.41) is 16.3. The van der Waals surface area contributed by atoms with Gasteiger partial charge in [0.05, 0.1) is 17.9 Å². The Hall–Kier alpha value is -2.97. The fourth-order valence-electron chi connectivity index (χ4n) is 3.30. The minimum absolute atomic E-state index is 0.0384. The number of nitrogens with one attached hydrogen (secondary N) is 2. The molecule has 3 atom stereocenters. The second kappa shape index (κ2) is 9.69. The van der Waals surface area contributed by atoms with Gasteiger partial charge in [0, 0.05) is 18.7 Å². The van der Waals surface area contributed by atoms with Crippen LogP contribution in [-0.4, -0.2) is 42.3 Å². The number of anilines is 1. The zero-order chi connectivity index (χ0) is 22.6. The van der Waals surface area contributed by atoms with Crippen LogP contribution < -0.4 is 20.6 Å². The summed E-state index contributed by atoms with van der Waals surface area (Å²) in [7, 11) is 0. The van der Waals surface area contributed by atoms with E-state index in [-0.39, 0.29) is 30.7 Å². The molecule has 164 valence electrons. The van der Waals surface area contributed by atoms with E-state index in [0.717, 1.165) is 0 Å². The topological polar surface area (TPSA) is 119 Å². The number of benzene rings is 1. The van der Waals surface area contributed by atoms with Crippen LogP contribution >= 0.6 is 0 Å². The zero-order valence-corrected chi connectivity index (χ0v) is 17.5. The van der Waals surface area contributed by atoms with Crippen molar-refractivity contribution in [2.45, 2.75) is 46.2 Å². The summed E-state index contributed by atoms with van der Waals surface area (Å²) < 4.78 is 13.1. The molecule has 30 heavy (non-hydrogen) atoms. The molecule has 1 aromatic carbocycles. The number of hydrogen-bond acceptors (Lipinski definition) is 5. The maximum atomic E-state index is 13.1. The van der Waals surface area contributed by atoms with Crippen molar-refractivity contribution in [1.29, 1.82) is 0 Å².